The molecule has 0 saturated carbocycles. The summed E-state index contributed by atoms with van der Waals surface area (Å²) < 4.78 is 0. The molecule has 2 aromatic carbocycles. The Morgan fingerprint density at radius 2 is 1.16 bits per heavy atom. The van der Waals surface area contributed by atoms with E-state index in [0.29, 0.717) is 31.6 Å². The summed E-state index contributed by atoms with van der Waals surface area (Å²) in [6.07, 6.45) is 3.52. The molecule has 0 aliphatic heterocycles. The van der Waals surface area contributed by atoms with Crippen LogP contribution in [0.5, 0.6) is 0 Å². The summed E-state index contributed by atoms with van der Waals surface area (Å²) >= 11 is 25.0. The summed E-state index contributed by atoms with van der Waals surface area (Å²) in [6, 6.07) is 10.1. The van der Waals surface area contributed by atoms with E-state index < -0.39 is 0 Å². The summed E-state index contributed by atoms with van der Waals surface area (Å²) in [5.41, 5.74) is 6.32. The first-order valence-electron chi connectivity index (χ1n) is 8.97. The van der Waals surface area contributed by atoms with Crippen molar-refractivity contribution < 1.29 is 9.59 Å². The highest BCUT2D eigenvalue weighted by atomic mass is 35.5. The van der Waals surface area contributed by atoms with Gasteiger partial charge >= 0.3 is 0 Å². The number of carbonyl (C=O) groups is 2. The highest BCUT2D eigenvalue weighted by molar-refractivity contribution is 7.99. The minimum Gasteiger partial charge on any atom is -0.273 e. The number of thioether (sulfide) groups is 1. The monoisotopic (exact) mass is 518 g/mol. The fourth-order valence-electron chi connectivity index (χ4n) is 2.09. The smallest absolute Gasteiger partial charge is 0.240 e. The Morgan fingerprint density at radius 1 is 0.742 bits per heavy atom. The van der Waals surface area contributed by atoms with Crippen LogP contribution in [0.25, 0.3) is 0 Å². The van der Waals surface area contributed by atoms with E-state index in [1.54, 1.807) is 36.4 Å². The maximum atomic E-state index is 11.8. The van der Waals surface area contributed by atoms with Crippen molar-refractivity contribution in [3.63, 3.8) is 0 Å². The number of carbonyl (C=O) groups excluding carboxylic acids is 2. The van der Waals surface area contributed by atoms with E-state index in [4.69, 9.17) is 46.4 Å². The van der Waals surface area contributed by atoms with Crippen molar-refractivity contribution in [3.05, 3.63) is 67.6 Å². The van der Waals surface area contributed by atoms with Gasteiger partial charge < -0.3 is 0 Å². The largest absolute Gasteiger partial charge is 0.273 e. The Bertz CT molecular complexity index is 908. The van der Waals surface area contributed by atoms with Gasteiger partial charge in [0.05, 0.1) is 32.5 Å². The van der Waals surface area contributed by atoms with Gasteiger partial charge in [0.1, 0.15) is 0 Å². The van der Waals surface area contributed by atoms with Gasteiger partial charge in [-0.05, 0) is 35.4 Å². The molecular formula is C20H18Cl4N4O2S. The molecule has 31 heavy (non-hydrogen) atoms. The van der Waals surface area contributed by atoms with Crippen molar-refractivity contribution in [1.82, 2.24) is 10.9 Å². The van der Waals surface area contributed by atoms with E-state index in [-0.39, 0.29) is 24.7 Å². The number of nitrogens with one attached hydrogen (secondary N) is 2. The molecule has 0 saturated heterocycles. The van der Waals surface area contributed by atoms with Crippen LogP contribution in [0.3, 0.4) is 0 Å². The molecule has 0 radical (unpaired) electrons. The molecule has 0 bridgehead atoms. The van der Waals surface area contributed by atoms with E-state index in [2.05, 4.69) is 21.1 Å². The molecule has 0 spiro atoms. The van der Waals surface area contributed by atoms with Crippen molar-refractivity contribution >= 4 is 82.4 Å². The minimum absolute atomic E-state index is 0.223. The number of amides is 2. The van der Waals surface area contributed by atoms with Crippen molar-refractivity contribution in [1.29, 1.82) is 0 Å². The molecular weight excluding hydrogens is 502 g/mol. The maximum Gasteiger partial charge on any atom is 0.240 e. The number of benzene rings is 2. The fourth-order valence-corrected chi connectivity index (χ4v) is 3.56. The van der Waals surface area contributed by atoms with Crippen LogP contribution in [0.15, 0.2) is 46.6 Å². The third-order valence-electron chi connectivity index (χ3n) is 3.64. The molecule has 0 unspecified atom stereocenters. The Labute approximate surface area is 204 Å². The number of rotatable bonds is 10. The Balaban J connectivity index is 1.57. The van der Waals surface area contributed by atoms with E-state index in [1.807, 2.05) is 0 Å². The van der Waals surface area contributed by atoms with Gasteiger partial charge in [0, 0.05) is 24.3 Å². The molecule has 6 nitrogen and oxygen atoms in total. The van der Waals surface area contributed by atoms with E-state index in [9.17, 15) is 9.59 Å². The molecule has 2 N–H and O–H groups in total. The summed E-state index contributed by atoms with van der Waals surface area (Å²) in [4.78, 5) is 23.5. The van der Waals surface area contributed by atoms with Crippen molar-refractivity contribution in [3.8, 4) is 0 Å². The molecule has 2 aromatic rings. The van der Waals surface area contributed by atoms with Gasteiger partial charge in [-0.15, -0.1) is 0 Å². The van der Waals surface area contributed by atoms with Gasteiger partial charge in [0.25, 0.3) is 0 Å². The van der Waals surface area contributed by atoms with E-state index in [1.165, 1.54) is 24.2 Å². The molecule has 0 aromatic heterocycles. The molecule has 11 heteroatoms. The van der Waals surface area contributed by atoms with Gasteiger partial charge in [0.2, 0.25) is 11.8 Å². The van der Waals surface area contributed by atoms with E-state index in [0.717, 1.165) is 11.1 Å². The zero-order valence-corrected chi connectivity index (χ0v) is 19.9. The molecule has 2 rings (SSSR count). The van der Waals surface area contributed by atoms with Gasteiger partial charge in [-0.1, -0.05) is 58.5 Å². The zero-order valence-electron chi connectivity index (χ0n) is 16.1. The quantitative estimate of drug-likeness (QED) is 0.250. The van der Waals surface area contributed by atoms with Crippen molar-refractivity contribution in [2.45, 2.75) is 12.8 Å². The van der Waals surface area contributed by atoms with Crippen LogP contribution in [0.4, 0.5) is 0 Å². The second kappa shape index (κ2) is 13.6. The van der Waals surface area contributed by atoms with Crippen LogP contribution in [-0.2, 0) is 9.59 Å². The first-order chi connectivity index (χ1) is 14.8. The average molecular weight is 520 g/mol. The van der Waals surface area contributed by atoms with Gasteiger partial charge in [-0.2, -0.15) is 22.0 Å². The van der Waals surface area contributed by atoms with Gasteiger partial charge in [-0.3, -0.25) is 9.59 Å². The summed E-state index contributed by atoms with van der Waals surface area (Å²) in [5, 5.41) is 9.48. The van der Waals surface area contributed by atoms with Crippen LogP contribution in [0.2, 0.25) is 20.1 Å². The summed E-state index contributed by atoms with van der Waals surface area (Å²) in [6.45, 7) is 0. The average Bonchev–Trinajstić information content (AvgIpc) is 2.73. The maximum absolute atomic E-state index is 11.8. The zero-order chi connectivity index (χ0) is 22.6. The van der Waals surface area contributed by atoms with Crippen LogP contribution < -0.4 is 10.9 Å². The molecule has 0 fully saturated rings. The topological polar surface area (TPSA) is 82.9 Å². The Morgan fingerprint density at radius 3 is 1.55 bits per heavy atom. The number of hydrogen-bond acceptors (Lipinski definition) is 5. The lowest BCUT2D eigenvalue weighted by Crippen LogP contribution is -2.19. The van der Waals surface area contributed by atoms with Crippen LogP contribution in [-0.4, -0.2) is 35.7 Å². The molecule has 164 valence electrons. The lowest BCUT2D eigenvalue weighted by Gasteiger charge is -2.02. The number of halogens is 4. The van der Waals surface area contributed by atoms with Crippen LogP contribution in [0.1, 0.15) is 24.0 Å². The molecule has 0 aliphatic carbocycles. The third-order valence-corrected chi connectivity index (χ3v) is 6.10. The number of nitrogens with zero attached hydrogens (tertiary/aromatic N) is 2. The molecule has 0 atom stereocenters. The second-order valence-electron chi connectivity index (χ2n) is 6.05. The lowest BCUT2D eigenvalue weighted by atomic mass is 10.2. The predicted molar refractivity (Wildman–Crippen MR) is 131 cm³/mol. The normalized spacial score (nSPS) is 11.2. The van der Waals surface area contributed by atoms with Crippen LogP contribution >= 0.6 is 58.2 Å². The predicted octanol–water partition coefficient (Wildman–Crippen LogP) is 5.41. The number of hydrogen-bond donors (Lipinski definition) is 2. The lowest BCUT2D eigenvalue weighted by molar-refractivity contribution is -0.121. The third kappa shape index (κ3) is 9.93. The first kappa shape index (κ1) is 25.5. The SMILES string of the molecule is O=C(CCSCCC(=O)N/N=C/c1ccc(Cl)c(Cl)c1)NN=Cc1ccc(Cl)c(Cl)c1. The van der Waals surface area contributed by atoms with E-state index >= 15 is 0 Å². The van der Waals surface area contributed by atoms with Crippen molar-refractivity contribution in [2.75, 3.05) is 11.5 Å². The fraction of sp³-hybridized carbons (Fsp3) is 0.200. The highest BCUT2D eigenvalue weighted by Crippen LogP contribution is 2.22. The minimum atomic E-state index is -0.223. The standard InChI is InChI=1S/C20H18Cl4N4O2S/c21-15-3-1-13(9-17(15)23)11-25-27-19(29)5-7-31-8-6-20(30)28-26-12-14-2-4-16(22)18(24)10-14/h1-4,9-12H,5-8H2,(H,27,29)(H,28,30)/b25-11+,26-12?. The summed E-state index contributed by atoms with van der Waals surface area (Å²) in [5.74, 6) is 0.681. The number of hydrazone groups is 2. The second-order valence-corrected chi connectivity index (χ2v) is 8.90. The highest BCUT2D eigenvalue weighted by Gasteiger charge is 2.03. The molecule has 0 heterocycles. The van der Waals surface area contributed by atoms with Crippen molar-refractivity contribution in [2.24, 2.45) is 10.2 Å². The van der Waals surface area contributed by atoms with Crippen LogP contribution in [0, 0.1) is 0 Å². The first-order valence-corrected chi connectivity index (χ1v) is 11.6. The Kier molecular flexibility index (Phi) is 11.2. The Hall–Kier alpha value is -1.77. The van der Waals surface area contributed by atoms with Gasteiger partial charge in [0.15, 0.2) is 0 Å². The molecule has 0 aliphatic rings. The van der Waals surface area contributed by atoms with Gasteiger partial charge in [-0.25, -0.2) is 10.9 Å². The summed E-state index contributed by atoms with van der Waals surface area (Å²) in [7, 11) is 0. The molecule has 2 amide bonds.